The summed E-state index contributed by atoms with van der Waals surface area (Å²) in [5, 5.41) is 10.1. The first-order valence-electron chi connectivity index (χ1n) is 6.52. The topological polar surface area (TPSA) is 84.1 Å². The number of methoxy groups -OCH3 is 1. The number of carbonyl (C=O) groups is 2. The standard InChI is InChI=1S/C14H17N3O3/c1-3-4-5-12(18)15-9-6-7-11-10(8-9)13(17-16-11)14(19)20-2/h6-8H,3-5H2,1-2H3,(H,15,18)(H,16,17). The summed E-state index contributed by atoms with van der Waals surface area (Å²) in [6.45, 7) is 2.04. The van der Waals surface area contributed by atoms with Crippen LogP contribution in [-0.4, -0.2) is 29.2 Å². The smallest absolute Gasteiger partial charge is 0.359 e. The molecule has 6 nitrogen and oxygen atoms in total. The van der Waals surface area contributed by atoms with Crippen molar-refractivity contribution >= 4 is 28.5 Å². The van der Waals surface area contributed by atoms with Gasteiger partial charge in [0.1, 0.15) is 0 Å². The van der Waals surface area contributed by atoms with Gasteiger partial charge in [-0.1, -0.05) is 13.3 Å². The van der Waals surface area contributed by atoms with Crippen LogP contribution in [0.1, 0.15) is 36.7 Å². The third-order valence-corrected chi connectivity index (χ3v) is 2.98. The normalized spacial score (nSPS) is 10.5. The maximum atomic E-state index is 11.7. The fourth-order valence-electron chi connectivity index (χ4n) is 1.90. The average Bonchev–Trinajstić information content (AvgIpc) is 2.87. The molecule has 0 atom stereocenters. The van der Waals surface area contributed by atoms with Gasteiger partial charge in [-0.2, -0.15) is 5.10 Å². The monoisotopic (exact) mass is 275 g/mol. The number of carbonyl (C=O) groups excluding carboxylic acids is 2. The Morgan fingerprint density at radius 3 is 2.90 bits per heavy atom. The van der Waals surface area contributed by atoms with E-state index < -0.39 is 5.97 Å². The number of unbranched alkanes of at least 4 members (excludes halogenated alkanes) is 1. The number of benzene rings is 1. The van der Waals surface area contributed by atoms with E-state index in [1.54, 1.807) is 18.2 Å². The number of amides is 1. The van der Waals surface area contributed by atoms with Crippen LogP contribution < -0.4 is 5.32 Å². The van der Waals surface area contributed by atoms with Crippen LogP contribution in [0.2, 0.25) is 0 Å². The molecule has 0 aliphatic heterocycles. The number of ether oxygens (including phenoxy) is 1. The van der Waals surface area contributed by atoms with Gasteiger partial charge < -0.3 is 10.1 Å². The van der Waals surface area contributed by atoms with E-state index >= 15 is 0 Å². The Morgan fingerprint density at radius 2 is 2.20 bits per heavy atom. The van der Waals surface area contributed by atoms with Crippen LogP contribution in [0.15, 0.2) is 18.2 Å². The number of nitrogens with zero attached hydrogens (tertiary/aromatic N) is 1. The van der Waals surface area contributed by atoms with E-state index in [9.17, 15) is 9.59 Å². The molecule has 0 bridgehead atoms. The van der Waals surface area contributed by atoms with Crippen LogP contribution in [0.5, 0.6) is 0 Å². The van der Waals surface area contributed by atoms with Gasteiger partial charge in [0.2, 0.25) is 5.91 Å². The van der Waals surface area contributed by atoms with E-state index in [4.69, 9.17) is 0 Å². The number of anilines is 1. The maximum absolute atomic E-state index is 11.7. The zero-order valence-corrected chi connectivity index (χ0v) is 11.5. The Hall–Kier alpha value is -2.37. The van der Waals surface area contributed by atoms with Crippen molar-refractivity contribution in [2.24, 2.45) is 0 Å². The number of hydrogen-bond donors (Lipinski definition) is 2. The van der Waals surface area contributed by atoms with Crippen molar-refractivity contribution in [2.45, 2.75) is 26.2 Å². The largest absolute Gasteiger partial charge is 0.464 e. The van der Waals surface area contributed by atoms with E-state index in [0.29, 0.717) is 17.5 Å². The Kier molecular flexibility index (Phi) is 4.34. The lowest BCUT2D eigenvalue weighted by Crippen LogP contribution is -2.10. The van der Waals surface area contributed by atoms with Gasteiger partial charge in [-0.3, -0.25) is 9.89 Å². The molecule has 0 saturated carbocycles. The van der Waals surface area contributed by atoms with E-state index in [1.807, 2.05) is 6.92 Å². The second-order valence-corrected chi connectivity index (χ2v) is 4.48. The molecule has 0 aliphatic carbocycles. The highest BCUT2D eigenvalue weighted by Crippen LogP contribution is 2.21. The summed E-state index contributed by atoms with van der Waals surface area (Å²) in [5.74, 6) is -0.542. The van der Waals surface area contributed by atoms with Gasteiger partial charge in [0.25, 0.3) is 0 Å². The highest BCUT2D eigenvalue weighted by molar-refractivity contribution is 6.03. The molecule has 106 valence electrons. The molecular formula is C14H17N3O3. The van der Waals surface area contributed by atoms with Crippen LogP contribution in [0, 0.1) is 0 Å². The summed E-state index contributed by atoms with van der Waals surface area (Å²) in [7, 11) is 1.30. The second-order valence-electron chi connectivity index (χ2n) is 4.48. The summed E-state index contributed by atoms with van der Waals surface area (Å²) in [4.78, 5) is 23.3. The molecule has 0 spiro atoms. The van der Waals surface area contributed by atoms with Gasteiger partial charge in [-0.05, 0) is 24.6 Å². The summed E-state index contributed by atoms with van der Waals surface area (Å²) < 4.78 is 4.67. The van der Waals surface area contributed by atoms with Crippen LogP contribution >= 0.6 is 0 Å². The molecule has 2 rings (SSSR count). The number of aromatic amines is 1. The highest BCUT2D eigenvalue weighted by Gasteiger charge is 2.15. The van der Waals surface area contributed by atoms with Crippen molar-refractivity contribution < 1.29 is 14.3 Å². The predicted molar refractivity (Wildman–Crippen MR) is 75.6 cm³/mol. The Labute approximate surface area is 116 Å². The summed E-state index contributed by atoms with van der Waals surface area (Å²) >= 11 is 0. The SMILES string of the molecule is CCCCC(=O)Nc1ccc2[nH]nc(C(=O)OC)c2c1. The number of esters is 1. The molecule has 1 amide bonds. The van der Waals surface area contributed by atoms with Gasteiger partial charge in [-0.15, -0.1) is 0 Å². The highest BCUT2D eigenvalue weighted by atomic mass is 16.5. The van der Waals surface area contributed by atoms with E-state index in [0.717, 1.165) is 18.4 Å². The molecule has 2 aromatic rings. The minimum Gasteiger partial charge on any atom is -0.464 e. The first kappa shape index (κ1) is 14.0. The molecule has 0 aliphatic rings. The third kappa shape index (κ3) is 2.96. The summed E-state index contributed by atoms with van der Waals surface area (Å²) in [6.07, 6.45) is 2.32. The quantitative estimate of drug-likeness (QED) is 0.821. The van der Waals surface area contributed by atoms with Crippen LogP contribution in [-0.2, 0) is 9.53 Å². The van der Waals surface area contributed by atoms with Crippen LogP contribution in [0.4, 0.5) is 5.69 Å². The molecule has 0 radical (unpaired) electrons. The van der Waals surface area contributed by atoms with Gasteiger partial charge in [0.15, 0.2) is 5.69 Å². The van der Waals surface area contributed by atoms with Crippen molar-refractivity contribution in [3.05, 3.63) is 23.9 Å². The number of H-pyrrole nitrogens is 1. The van der Waals surface area contributed by atoms with Crippen molar-refractivity contribution in [1.82, 2.24) is 10.2 Å². The van der Waals surface area contributed by atoms with E-state index in [2.05, 4.69) is 20.3 Å². The molecule has 0 fully saturated rings. The fraction of sp³-hybridized carbons (Fsp3) is 0.357. The minimum absolute atomic E-state index is 0.0330. The minimum atomic E-state index is -0.509. The lowest BCUT2D eigenvalue weighted by molar-refractivity contribution is -0.116. The Bertz CT molecular complexity index is 634. The molecule has 6 heteroatoms. The molecule has 2 N–H and O–H groups in total. The zero-order chi connectivity index (χ0) is 14.5. The van der Waals surface area contributed by atoms with Crippen LogP contribution in [0.3, 0.4) is 0 Å². The third-order valence-electron chi connectivity index (χ3n) is 2.98. The fourth-order valence-corrected chi connectivity index (χ4v) is 1.90. The van der Waals surface area contributed by atoms with Crippen molar-refractivity contribution in [1.29, 1.82) is 0 Å². The number of hydrogen-bond acceptors (Lipinski definition) is 4. The molecule has 1 aromatic heterocycles. The van der Waals surface area contributed by atoms with Crippen molar-refractivity contribution in [3.8, 4) is 0 Å². The average molecular weight is 275 g/mol. The predicted octanol–water partition coefficient (Wildman–Crippen LogP) is 2.48. The molecule has 20 heavy (non-hydrogen) atoms. The van der Waals surface area contributed by atoms with E-state index in [1.165, 1.54) is 7.11 Å². The first-order chi connectivity index (χ1) is 9.65. The first-order valence-corrected chi connectivity index (χ1v) is 6.52. The molecular weight excluding hydrogens is 258 g/mol. The van der Waals surface area contributed by atoms with Gasteiger partial charge in [0.05, 0.1) is 12.6 Å². The second kappa shape index (κ2) is 6.18. The summed E-state index contributed by atoms with van der Waals surface area (Å²) in [5.41, 5.74) is 1.58. The van der Waals surface area contributed by atoms with E-state index in [-0.39, 0.29) is 11.6 Å². The number of aromatic nitrogens is 2. The van der Waals surface area contributed by atoms with Crippen LogP contribution in [0.25, 0.3) is 10.9 Å². The van der Waals surface area contributed by atoms with Gasteiger partial charge >= 0.3 is 5.97 Å². The molecule has 1 aromatic carbocycles. The lowest BCUT2D eigenvalue weighted by atomic mass is 10.2. The van der Waals surface area contributed by atoms with Gasteiger partial charge in [0, 0.05) is 17.5 Å². The van der Waals surface area contributed by atoms with Crippen molar-refractivity contribution in [3.63, 3.8) is 0 Å². The molecule has 1 heterocycles. The molecule has 0 unspecified atom stereocenters. The lowest BCUT2D eigenvalue weighted by Gasteiger charge is -2.05. The zero-order valence-electron chi connectivity index (χ0n) is 11.5. The number of rotatable bonds is 5. The summed E-state index contributed by atoms with van der Waals surface area (Å²) in [6, 6.07) is 5.25. The Morgan fingerprint density at radius 1 is 1.40 bits per heavy atom. The number of nitrogens with one attached hydrogen (secondary N) is 2. The Balaban J connectivity index is 2.23. The molecule has 0 saturated heterocycles. The number of fused-ring (bicyclic) bond motifs is 1. The maximum Gasteiger partial charge on any atom is 0.359 e. The van der Waals surface area contributed by atoms with Crippen molar-refractivity contribution in [2.75, 3.05) is 12.4 Å². The van der Waals surface area contributed by atoms with Gasteiger partial charge in [-0.25, -0.2) is 4.79 Å².